The van der Waals surface area contributed by atoms with E-state index in [-0.39, 0.29) is 6.10 Å². The van der Waals surface area contributed by atoms with Crippen LogP contribution in [0, 0.1) is 17.8 Å². The Kier molecular flexibility index (Phi) is 3.57. The van der Waals surface area contributed by atoms with Crippen molar-refractivity contribution < 1.29 is 5.11 Å². The highest BCUT2D eigenvalue weighted by Crippen LogP contribution is 2.33. The summed E-state index contributed by atoms with van der Waals surface area (Å²) in [4.78, 5) is 0. The van der Waals surface area contributed by atoms with E-state index in [2.05, 4.69) is 20.8 Å². The first-order chi connectivity index (χ1) is 5.59. The Morgan fingerprint density at radius 1 is 1.33 bits per heavy atom. The smallest absolute Gasteiger partial charge is 0.0543 e. The Balaban J connectivity index is 2.34. The molecule has 0 spiro atoms. The molecule has 72 valence electrons. The summed E-state index contributed by atoms with van der Waals surface area (Å²) in [6, 6.07) is 0. The van der Waals surface area contributed by atoms with Gasteiger partial charge in [0.05, 0.1) is 6.10 Å². The van der Waals surface area contributed by atoms with Crippen LogP contribution >= 0.6 is 0 Å². The maximum atomic E-state index is 9.43. The largest absolute Gasteiger partial charge is 0.393 e. The number of hydrogen-bond donors (Lipinski definition) is 1. The maximum absolute atomic E-state index is 9.43. The van der Waals surface area contributed by atoms with E-state index in [1.807, 2.05) is 0 Å². The summed E-state index contributed by atoms with van der Waals surface area (Å²) in [5, 5.41) is 9.43. The molecule has 0 aromatic rings. The molecular weight excluding hydrogens is 148 g/mol. The maximum Gasteiger partial charge on any atom is 0.0543 e. The van der Waals surface area contributed by atoms with Crippen LogP contribution < -0.4 is 0 Å². The normalized spacial score (nSPS) is 37.2. The third kappa shape index (κ3) is 2.78. The fourth-order valence-corrected chi connectivity index (χ4v) is 2.39. The van der Waals surface area contributed by atoms with Crippen LogP contribution in [-0.2, 0) is 0 Å². The van der Waals surface area contributed by atoms with Gasteiger partial charge >= 0.3 is 0 Å². The molecule has 0 saturated heterocycles. The van der Waals surface area contributed by atoms with E-state index in [4.69, 9.17) is 0 Å². The molecule has 3 atom stereocenters. The molecule has 1 saturated carbocycles. The molecule has 1 rings (SSSR count). The predicted molar refractivity (Wildman–Crippen MR) is 52.0 cm³/mol. The van der Waals surface area contributed by atoms with E-state index in [0.717, 1.165) is 30.6 Å². The Labute approximate surface area is 76.2 Å². The lowest BCUT2D eigenvalue weighted by molar-refractivity contribution is 0.0681. The Morgan fingerprint density at radius 2 is 2.00 bits per heavy atom. The third-order valence-corrected chi connectivity index (χ3v) is 3.09. The molecule has 1 nitrogen and oxygen atoms in total. The summed E-state index contributed by atoms with van der Waals surface area (Å²) < 4.78 is 0. The zero-order valence-electron chi connectivity index (χ0n) is 8.59. The average molecular weight is 170 g/mol. The molecule has 1 N–H and O–H groups in total. The molecule has 1 heteroatoms. The van der Waals surface area contributed by atoms with Gasteiger partial charge in [0, 0.05) is 0 Å². The summed E-state index contributed by atoms with van der Waals surface area (Å²) in [6.07, 6.45) is 4.62. The van der Waals surface area contributed by atoms with Gasteiger partial charge in [0.1, 0.15) is 0 Å². The lowest BCUT2D eigenvalue weighted by Crippen LogP contribution is -2.26. The molecular formula is C11H22O. The Morgan fingerprint density at radius 3 is 2.50 bits per heavy atom. The van der Waals surface area contributed by atoms with Crippen molar-refractivity contribution in [1.82, 2.24) is 0 Å². The van der Waals surface area contributed by atoms with Crippen LogP contribution in [-0.4, -0.2) is 11.2 Å². The number of hydrogen-bond acceptors (Lipinski definition) is 1. The lowest BCUT2D eigenvalue weighted by Gasteiger charge is -2.32. The number of aliphatic hydroxyl groups excluding tert-OH is 1. The minimum Gasteiger partial charge on any atom is -0.393 e. The highest BCUT2D eigenvalue weighted by atomic mass is 16.3. The van der Waals surface area contributed by atoms with Gasteiger partial charge in [-0.1, -0.05) is 20.8 Å². The Bertz CT molecular complexity index is 131. The Hall–Kier alpha value is -0.0400. The van der Waals surface area contributed by atoms with Gasteiger partial charge in [-0.05, 0) is 43.4 Å². The second-order valence-corrected chi connectivity index (χ2v) is 4.83. The van der Waals surface area contributed by atoms with Crippen LogP contribution in [0.1, 0.15) is 46.5 Å². The van der Waals surface area contributed by atoms with Crippen LogP contribution in [0.5, 0.6) is 0 Å². The monoisotopic (exact) mass is 170 g/mol. The summed E-state index contributed by atoms with van der Waals surface area (Å²) in [5.74, 6) is 2.41. The van der Waals surface area contributed by atoms with Crippen molar-refractivity contribution in [2.45, 2.75) is 52.6 Å². The number of rotatable bonds is 2. The highest BCUT2D eigenvalue weighted by molar-refractivity contribution is 4.77. The molecule has 0 aromatic carbocycles. The summed E-state index contributed by atoms with van der Waals surface area (Å²) in [6.45, 7) is 6.87. The highest BCUT2D eigenvalue weighted by Gasteiger charge is 2.26. The van der Waals surface area contributed by atoms with Crippen LogP contribution in [0.3, 0.4) is 0 Å². The molecule has 0 radical (unpaired) electrons. The molecule has 0 heterocycles. The van der Waals surface area contributed by atoms with Gasteiger partial charge in [-0.15, -0.1) is 0 Å². The first-order valence-electron chi connectivity index (χ1n) is 5.27. The fraction of sp³-hybridized carbons (Fsp3) is 1.00. The van der Waals surface area contributed by atoms with Crippen molar-refractivity contribution in [3.8, 4) is 0 Å². The van der Waals surface area contributed by atoms with Crippen LogP contribution in [0.25, 0.3) is 0 Å². The third-order valence-electron chi connectivity index (χ3n) is 3.09. The van der Waals surface area contributed by atoms with Crippen molar-refractivity contribution in [2.24, 2.45) is 17.8 Å². The van der Waals surface area contributed by atoms with Crippen molar-refractivity contribution in [1.29, 1.82) is 0 Å². The van der Waals surface area contributed by atoms with Crippen molar-refractivity contribution >= 4 is 0 Å². The molecule has 0 aromatic heterocycles. The van der Waals surface area contributed by atoms with E-state index in [9.17, 15) is 5.11 Å². The molecule has 1 aliphatic carbocycles. The SMILES string of the molecule is CC(C)CC1CCC(O)CC1C. The standard InChI is InChI=1S/C11H22O/c1-8(2)6-10-4-5-11(12)7-9(10)3/h8-12H,4-7H2,1-3H3. The van der Waals surface area contributed by atoms with Gasteiger partial charge in [-0.25, -0.2) is 0 Å². The minimum absolute atomic E-state index is 0.0107. The molecule has 1 aliphatic rings. The quantitative estimate of drug-likeness (QED) is 0.675. The lowest BCUT2D eigenvalue weighted by atomic mass is 9.75. The zero-order valence-corrected chi connectivity index (χ0v) is 8.59. The van der Waals surface area contributed by atoms with Gasteiger partial charge in [0.15, 0.2) is 0 Å². The first kappa shape index (κ1) is 10.0. The topological polar surface area (TPSA) is 20.2 Å². The summed E-state index contributed by atoms with van der Waals surface area (Å²) in [5.41, 5.74) is 0. The molecule has 0 amide bonds. The molecule has 12 heavy (non-hydrogen) atoms. The van der Waals surface area contributed by atoms with Crippen LogP contribution in [0.4, 0.5) is 0 Å². The molecule has 0 bridgehead atoms. The second kappa shape index (κ2) is 4.27. The van der Waals surface area contributed by atoms with Crippen molar-refractivity contribution in [3.63, 3.8) is 0 Å². The van der Waals surface area contributed by atoms with E-state index in [0.29, 0.717) is 0 Å². The van der Waals surface area contributed by atoms with E-state index in [1.54, 1.807) is 0 Å². The first-order valence-corrected chi connectivity index (χ1v) is 5.27. The molecule has 3 unspecified atom stereocenters. The van der Waals surface area contributed by atoms with Crippen LogP contribution in [0.15, 0.2) is 0 Å². The zero-order chi connectivity index (χ0) is 9.14. The van der Waals surface area contributed by atoms with E-state index < -0.39 is 0 Å². The minimum atomic E-state index is -0.0107. The molecule has 1 fully saturated rings. The van der Waals surface area contributed by atoms with Crippen molar-refractivity contribution in [2.75, 3.05) is 0 Å². The molecule has 0 aliphatic heterocycles. The van der Waals surface area contributed by atoms with Gasteiger partial charge in [0.25, 0.3) is 0 Å². The van der Waals surface area contributed by atoms with Gasteiger partial charge in [-0.2, -0.15) is 0 Å². The summed E-state index contributed by atoms with van der Waals surface area (Å²) in [7, 11) is 0. The van der Waals surface area contributed by atoms with Crippen molar-refractivity contribution in [3.05, 3.63) is 0 Å². The number of aliphatic hydroxyl groups is 1. The van der Waals surface area contributed by atoms with Gasteiger partial charge < -0.3 is 5.11 Å². The van der Waals surface area contributed by atoms with E-state index in [1.165, 1.54) is 12.8 Å². The van der Waals surface area contributed by atoms with Gasteiger partial charge in [-0.3, -0.25) is 0 Å². The fourth-order valence-electron chi connectivity index (χ4n) is 2.39. The summed E-state index contributed by atoms with van der Waals surface area (Å²) >= 11 is 0. The second-order valence-electron chi connectivity index (χ2n) is 4.83. The van der Waals surface area contributed by atoms with E-state index >= 15 is 0 Å². The average Bonchev–Trinajstić information content (AvgIpc) is 1.94. The predicted octanol–water partition coefficient (Wildman–Crippen LogP) is 2.83. The van der Waals surface area contributed by atoms with Crippen LogP contribution in [0.2, 0.25) is 0 Å². The van der Waals surface area contributed by atoms with Gasteiger partial charge in [0.2, 0.25) is 0 Å².